The molecule has 0 aromatic heterocycles. The molecule has 0 atom stereocenters. The molecule has 0 spiro atoms. The van der Waals surface area contributed by atoms with Crippen LogP contribution in [0, 0.1) is 41.3 Å². The van der Waals surface area contributed by atoms with E-state index in [0.717, 1.165) is 30.6 Å². The molecule has 0 fully saturated rings. The summed E-state index contributed by atoms with van der Waals surface area (Å²) in [6.45, 7) is 30.0. The molecule has 3 rings (SSSR count). The van der Waals surface area contributed by atoms with Gasteiger partial charge in [-0.25, -0.2) is 0 Å². The van der Waals surface area contributed by atoms with Gasteiger partial charge in [0, 0.05) is 49.4 Å². The average molecular weight is 502 g/mol. The number of phenols is 1. The Morgan fingerprint density at radius 3 is 1.95 bits per heavy atom. The topological polar surface area (TPSA) is 39.1 Å². The van der Waals surface area contributed by atoms with E-state index >= 15 is 0 Å². The highest BCUT2D eigenvalue weighted by Gasteiger charge is 2.24. The molecule has 200 valence electrons. The minimum atomic E-state index is -0.138. The molecule has 0 amide bonds. The summed E-state index contributed by atoms with van der Waals surface area (Å²) in [4.78, 5) is 8.93. The number of aliphatic imine (C=N–C) groups is 1. The Balaban J connectivity index is 1.59. The maximum atomic E-state index is 11.0. The molecule has 1 heterocycles. The van der Waals surface area contributed by atoms with Crippen molar-refractivity contribution in [1.29, 1.82) is 0 Å². The second-order valence-electron chi connectivity index (χ2n) is 12.7. The van der Waals surface area contributed by atoms with Gasteiger partial charge < -0.3 is 14.9 Å². The monoisotopic (exact) mass is 501 g/mol. The third kappa shape index (κ3) is 6.58. The summed E-state index contributed by atoms with van der Waals surface area (Å²) in [5.74, 6) is 0.344. The number of nitrogens with zero attached hydrogens (tertiary/aromatic N) is 3. The highest BCUT2D eigenvalue weighted by Crippen LogP contribution is 2.37. The van der Waals surface area contributed by atoms with Gasteiger partial charge >= 0.3 is 0 Å². The van der Waals surface area contributed by atoms with Crippen LogP contribution in [0.3, 0.4) is 0 Å². The number of benzene rings is 2. The maximum Gasteiger partial charge on any atom is 0.208 e. The number of aromatic hydroxyl groups is 1. The summed E-state index contributed by atoms with van der Waals surface area (Å²) < 4.78 is 0. The van der Waals surface area contributed by atoms with E-state index in [1.54, 1.807) is 0 Å². The van der Waals surface area contributed by atoms with Crippen LogP contribution < -0.4 is 0 Å². The second-order valence-corrected chi connectivity index (χ2v) is 12.7. The first kappa shape index (κ1) is 28.8. The van der Waals surface area contributed by atoms with Crippen LogP contribution in [0.2, 0.25) is 0 Å². The van der Waals surface area contributed by atoms with Gasteiger partial charge in [-0.15, -0.1) is 0 Å². The van der Waals surface area contributed by atoms with Crippen LogP contribution in [0.4, 0.5) is 0 Å². The van der Waals surface area contributed by atoms with Gasteiger partial charge in [-0.1, -0.05) is 47.6 Å². The van der Waals surface area contributed by atoms with Gasteiger partial charge in [-0.05, 0) is 96.9 Å². The second kappa shape index (κ2) is 10.9. The van der Waals surface area contributed by atoms with Crippen molar-refractivity contribution in [3.05, 3.63) is 81.3 Å². The molecule has 0 saturated heterocycles. The molecule has 2 aromatic carbocycles. The molecule has 0 saturated carbocycles. The molecule has 1 aliphatic rings. The molecule has 0 bridgehead atoms. The van der Waals surface area contributed by atoms with E-state index in [1.165, 1.54) is 38.9 Å². The third-order valence-electron chi connectivity index (χ3n) is 7.90. The van der Waals surface area contributed by atoms with Crippen molar-refractivity contribution in [3.8, 4) is 5.75 Å². The Morgan fingerprint density at radius 1 is 0.811 bits per heavy atom. The standard InChI is InChI=1S/C33H47N3O/c1-22-23(2)25(4)29(26(5)24(22)3)20-36-16-15-35(21-36)14-12-13-34-19-27-17-28(32(6,7)8)18-30(31(27)37)33(9,10)11/h15-19,37H,12-14,20H2,1-11H3. The van der Waals surface area contributed by atoms with Crippen LogP contribution in [0.25, 0.3) is 0 Å². The first-order chi connectivity index (χ1) is 17.1. The lowest BCUT2D eigenvalue weighted by molar-refractivity contribution is 0.336. The molecular weight excluding hydrogens is 454 g/mol. The van der Waals surface area contributed by atoms with Gasteiger partial charge in [0.25, 0.3) is 0 Å². The van der Waals surface area contributed by atoms with Gasteiger partial charge in [-0.3, -0.25) is 4.99 Å². The molecular formula is C33H47N3O. The fourth-order valence-corrected chi connectivity index (χ4v) is 4.85. The van der Waals surface area contributed by atoms with Gasteiger partial charge in [0.15, 0.2) is 0 Å². The van der Waals surface area contributed by atoms with Gasteiger partial charge in [0.1, 0.15) is 5.75 Å². The zero-order valence-corrected chi connectivity index (χ0v) is 25.0. The molecule has 1 N–H and O–H groups in total. The highest BCUT2D eigenvalue weighted by atomic mass is 16.3. The summed E-state index contributed by atoms with van der Waals surface area (Å²) >= 11 is 0. The van der Waals surface area contributed by atoms with Crippen molar-refractivity contribution in [3.63, 3.8) is 0 Å². The van der Waals surface area contributed by atoms with Crippen LogP contribution >= 0.6 is 0 Å². The minimum absolute atomic E-state index is 0.00295. The van der Waals surface area contributed by atoms with E-state index in [9.17, 15) is 5.11 Å². The molecule has 4 heteroatoms. The van der Waals surface area contributed by atoms with Crippen LogP contribution in [0.15, 0.2) is 29.5 Å². The number of hydrogen-bond acceptors (Lipinski definition) is 4. The van der Waals surface area contributed by atoms with Gasteiger partial charge in [0.05, 0.1) is 0 Å². The Bertz CT molecular complexity index is 1160. The fraction of sp³-hybridized carbons (Fsp3) is 0.515. The predicted octanol–water partition coefficient (Wildman–Crippen LogP) is 7.62. The quantitative estimate of drug-likeness (QED) is 0.313. The molecule has 2 radical (unpaired) electrons. The first-order valence-electron chi connectivity index (χ1n) is 13.5. The first-order valence-corrected chi connectivity index (χ1v) is 13.5. The Kier molecular flexibility index (Phi) is 8.51. The maximum absolute atomic E-state index is 11.0. The van der Waals surface area contributed by atoms with E-state index in [-0.39, 0.29) is 10.8 Å². The van der Waals surface area contributed by atoms with Crippen molar-refractivity contribution >= 4 is 6.21 Å². The van der Waals surface area contributed by atoms with E-state index in [2.05, 4.69) is 122 Å². The molecule has 37 heavy (non-hydrogen) atoms. The lowest BCUT2D eigenvalue weighted by Crippen LogP contribution is -2.21. The molecule has 1 aliphatic heterocycles. The number of hydrogen-bond donors (Lipinski definition) is 1. The van der Waals surface area contributed by atoms with Crippen molar-refractivity contribution < 1.29 is 5.11 Å². The third-order valence-corrected chi connectivity index (χ3v) is 7.90. The van der Waals surface area contributed by atoms with Crippen LogP contribution in [-0.4, -0.2) is 34.2 Å². The van der Waals surface area contributed by atoms with Crippen molar-refractivity contribution in [2.24, 2.45) is 4.99 Å². The van der Waals surface area contributed by atoms with Gasteiger partial charge in [0.2, 0.25) is 6.67 Å². The average Bonchev–Trinajstić information content (AvgIpc) is 3.25. The Labute approximate surface area is 226 Å². The highest BCUT2D eigenvalue weighted by molar-refractivity contribution is 5.85. The lowest BCUT2D eigenvalue weighted by atomic mass is 9.79. The number of rotatable bonds is 7. The van der Waals surface area contributed by atoms with Gasteiger partial charge in [-0.2, -0.15) is 0 Å². The Hall–Kier alpha value is -2.75. The summed E-state index contributed by atoms with van der Waals surface area (Å²) in [5.41, 5.74) is 11.2. The van der Waals surface area contributed by atoms with E-state index < -0.39 is 0 Å². The normalized spacial score (nSPS) is 14.5. The summed E-state index contributed by atoms with van der Waals surface area (Å²) in [6, 6.07) is 4.22. The minimum Gasteiger partial charge on any atom is -0.507 e. The lowest BCUT2D eigenvalue weighted by Gasteiger charge is -2.27. The SMILES string of the molecule is Cc1c(C)c(C)c(CN2[C]N(CCCN=Cc3cc(C(C)(C)C)cc(C(C)(C)C)c3O)C=C2)c(C)c1C. The summed E-state index contributed by atoms with van der Waals surface area (Å²) in [6.07, 6.45) is 6.95. The Morgan fingerprint density at radius 2 is 1.38 bits per heavy atom. The van der Waals surface area contributed by atoms with E-state index in [4.69, 9.17) is 0 Å². The summed E-state index contributed by atoms with van der Waals surface area (Å²) in [7, 11) is 0. The van der Waals surface area contributed by atoms with E-state index in [1.807, 2.05) is 6.21 Å². The van der Waals surface area contributed by atoms with Crippen LogP contribution in [-0.2, 0) is 17.4 Å². The fourth-order valence-electron chi connectivity index (χ4n) is 4.85. The van der Waals surface area contributed by atoms with Crippen LogP contribution in [0.5, 0.6) is 5.75 Å². The van der Waals surface area contributed by atoms with Crippen molar-refractivity contribution in [2.75, 3.05) is 13.1 Å². The molecule has 4 nitrogen and oxygen atoms in total. The van der Waals surface area contributed by atoms with Crippen molar-refractivity contribution in [2.45, 2.75) is 100.0 Å². The zero-order valence-electron chi connectivity index (χ0n) is 25.0. The molecule has 2 aromatic rings. The predicted molar refractivity (Wildman–Crippen MR) is 157 cm³/mol. The van der Waals surface area contributed by atoms with Crippen LogP contribution in [0.1, 0.15) is 98.0 Å². The summed E-state index contributed by atoms with van der Waals surface area (Å²) in [5, 5.41) is 11.0. The largest absolute Gasteiger partial charge is 0.507 e. The molecule has 0 unspecified atom stereocenters. The smallest absolute Gasteiger partial charge is 0.208 e. The van der Waals surface area contributed by atoms with E-state index in [0.29, 0.717) is 12.3 Å². The molecule has 0 aliphatic carbocycles. The zero-order chi connectivity index (χ0) is 27.7. The number of phenolic OH excluding ortho intramolecular Hbond substituents is 1. The van der Waals surface area contributed by atoms with Crippen molar-refractivity contribution in [1.82, 2.24) is 9.80 Å².